The van der Waals surface area contributed by atoms with Gasteiger partial charge in [-0.25, -0.2) is 0 Å². The lowest BCUT2D eigenvalue weighted by molar-refractivity contribution is -0.140. The van der Waals surface area contributed by atoms with E-state index in [2.05, 4.69) is 0 Å². The smallest absolute Gasteiger partial charge is 0.416 e. The van der Waals surface area contributed by atoms with Crippen molar-refractivity contribution in [2.45, 2.75) is 6.18 Å². The topological polar surface area (TPSA) is 74.7 Å². The number of carboxylic acids is 1. The first kappa shape index (κ1) is 16.1. The van der Waals surface area contributed by atoms with Crippen molar-refractivity contribution in [3.05, 3.63) is 40.3 Å². The van der Waals surface area contributed by atoms with E-state index < -0.39 is 35.4 Å². The lowest BCUT2D eigenvalue weighted by Gasteiger charge is -2.08. The van der Waals surface area contributed by atoms with Gasteiger partial charge in [0.15, 0.2) is 0 Å². The molecular formula is C13H8F3NO4S. The Morgan fingerprint density at radius 2 is 2.00 bits per heavy atom. The Hall–Kier alpha value is -2.29. The number of hydrogen-bond donors (Lipinski definition) is 1. The van der Waals surface area contributed by atoms with E-state index in [1.807, 2.05) is 0 Å². The van der Waals surface area contributed by atoms with Gasteiger partial charge in [0.05, 0.1) is 10.5 Å². The third kappa shape index (κ3) is 3.48. The van der Waals surface area contributed by atoms with Gasteiger partial charge in [-0.05, 0) is 35.5 Å². The fraction of sp³-hybridized carbons (Fsp3) is 0.154. The van der Waals surface area contributed by atoms with Crippen LogP contribution in [0, 0.1) is 0 Å². The summed E-state index contributed by atoms with van der Waals surface area (Å²) < 4.78 is 37.8. The molecule has 0 saturated carbocycles. The van der Waals surface area contributed by atoms with E-state index >= 15 is 0 Å². The van der Waals surface area contributed by atoms with Gasteiger partial charge in [0.1, 0.15) is 6.54 Å². The van der Waals surface area contributed by atoms with Gasteiger partial charge in [-0.2, -0.15) is 13.2 Å². The van der Waals surface area contributed by atoms with Crippen LogP contribution in [0.5, 0.6) is 0 Å². The molecule has 116 valence electrons. The molecule has 1 fully saturated rings. The third-order valence-electron chi connectivity index (χ3n) is 2.68. The highest BCUT2D eigenvalue weighted by Crippen LogP contribution is 2.34. The molecule has 1 N–H and O–H groups in total. The highest BCUT2D eigenvalue weighted by molar-refractivity contribution is 8.18. The Morgan fingerprint density at radius 1 is 1.32 bits per heavy atom. The second-order valence-electron chi connectivity index (χ2n) is 4.28. The number of carbonyl (C=O) groups is 3. The molecule has 1 aliphatic heterocycles. The number of halogens is 3. The van der Waals surface area contributed by atoms with E-state index in [1.165, 1.54) is 12.1 Å². The second-order valence-corrected chi connectivity index (χ2v) is 5.28. The second kappa shape index (κ2) is 5.84. The molecule has 22 heavy (non-hydrogen) atoms. The monoisotopic (exact) mass is 331 g/mol. The maximum Gasteiger partial charge on any atom is 0.416 e. The maximum absolute atomic E-state index is 12.6. The van der Waals surface area contributed by atoms with Crippen LogP contribution in [0.2, 0.25) is 0 Å². The van der Waals surface area contributed by atoms with E-state index in [0.717, 1.165) is 18.2 Å². The molecular weight excluding hydrogens is 323 g/mol. The predicted molar refractivity (Wildman–Crippen MR) is 71.8 cm³/mol. The van der Waals surface area contributed by atoms with E-state index in [1.54, 1.807) is 0 Å². The highest BCUT2D eigenvalue weighted by Gasteiger charge is 2.36. The maximum atomic E-state index is 12.6. The van der Waals surface area contributed by atoms with Crippen molar-refractivity contribution >= 4 is 35.0 Å². The quantitative estimate of drug-likeness (QED) is 0.862. The van der Waals surface area contributed by atoms with Crippen LogP contribution in [0.4, 0.5) is 18.0 Å². The van der Waals surface area contributed by atoms with Crippen LogP contribution < -0.4 is 0 Å². The van der Waals surface area contributed by atoms with Crippen LogP contribution in [-0.4, -0.2) is 33.7 Å². The molecule has 1 heterocycles. The Morgan fingerprint density at radius 3 is 2.59 bits per heavy atom. The number of nitrogens with zero attached hydrogens (tertiary/aromatic N) is 1. The van der Waals surface area contributed by atoms with Gasteiger partial charge >= 0.3 is 12.1 Å². The summed E-state index contributed by atoms with van der Waals surface area (Å²) in [5.41, 5.74) is -0.790. The first-order valence-corrected chi connectivity index (χ1v) is 6.64. The number of aliphatic carboxylic acids is 1. The molecule has 0 spiro atoms. The summed E-state index contributed by atoms with van der Waals surface area (Å²) in [6.07, 6.45) is -3.39. The highest BCUT2D eigenvalue weighted by atomic mass is 32.2. The number of hydrogen-bond acceptors (Lipinski definition) is 4. The average molecular weight is 331 g/mol. The minimum Gasteiger partial charge on any atom is -0.480 e. The normalized spacial score (nSPS) is 17.4. The van der Waals surface area contributed by atoms with E-state index in [-0.39, 0.29) is 10.5 Å². The molecule has 1 aromatic carbocycles. The van der Waals surface area contributed by atoms with E-state index in [4.69, 9.17) is 5.11 Å². The molecule has 0 aromatic heterocycles. The number of imide groups is 1. The fourth-order valence-electron chi connectivity index (χ4n) is 1.73. The summed E-state index contributed by atoms with van der Waals surface area (Å²) in [6.45, 7) is -0.787. The Labute approximate surface area is 126 Å². The molecule has 5 nitrogen and oxygen atoms in total. The number of carbonyl (C=O) groups excluding carboxylic acids is 2. The summed E-state index contributed by atoms with van der Waals surface area (Å²) in [5.74, 6) is -2.20. The fourth-order valence-corrected chi connectivity index (χ4v) is 2.57. The summed E-state index contributed by atoms with van der Waals surface area (Å²) in [6, 6.07) is 4.25. The third-order valence-corrected chi connectivity index (χ3v) is 3.59. The predicted octanol–water partition coefficient (Wildman–Crippen LogP) is 2.83. The number of rotatable bonds is 3. The molecule has 1 saturated heterocycles. The zero-order valence-corrected chi connectivity index (χ0v) is 11.6. The number of carboxylic acid groups (broad SMARTS) is 1. The number of thioether (sulfide) groups is 1. The van der Waals surface area contributed by atoms with Crippen molar-refractivity contribution in [1.29, 1.82) is 0 Å². The summed E-state index contributed by atoms with van der Waals surface area (Å²) in [7, 11) is 0. The first-order valence-electron chi connectivity index (χ1n) is 5.83. The van der Waals surface area contributed by atoms with Crippen molar-refractivity contribution in [2.75, 3.05) is 6.54 Å². The van der Waals surface area contributed by atoms with Crippen molar-refractivity contribution < 1.29 is 32.7 Å². The molecule has 2 amide bonds. The Balaban J connectivity index is 2.29. The molecule has 2 rings (SSSR count). The van der Waals surface area contributed by atoms with Crippen molar-refractivity contribution in [2.24, 2.45) is 0 Å². The zero-order valence-electron chi connectivity index (χ0n) is 10.8. The molecule has 9 heteroatoms. The van der Waals surface area contributed by atoms with Gasteiger partial charge in [-0.15, -0.1) is 0 Å². The van der Waals surface area contributed by atoms with Gasteiger partial charge in [0.25, 0.3) is 11.1 Å². The van der Waals surface area contributed by atoms with Crippen LogP contribution >= 0.6 is 11.8 Å². The first-order chi connectivity index (χ1) is 10.2. The lowest BCUT2D eigenvalue weighted by Crippen LogP contribution is -2.33. The summed E-state index contributed by atoms with van der Waals surface area (Å²) in [5, 5.41) is 7.84. The summed E-state index contributed by atoms with van der Waals surface area (Å²) >= 11 is 0.486. The lowest BCUT2D eigenvalue weighted by atomic mass is 10.1. The van der Waals surface area contributed by atoms with Crippen LogP contribution in [0.1, 0.15) is 11.1 Å². The van der Waals surface area contributed by atoms with Crippen molar-refractivity contribution in [3.63, 3.8) is 0 Å². The van der Waals surface area contributed by atoms with Gasteiger partial charge < -0.3 is 5.11 Å². The SMILES string of the molecule is O=C(O)CN1C(=O)S/C(=C/c2cccc(C(F)(F)F)c2)C1=O. The standard InChI is InChI=1S/C13H8F3NO4S/c14-13(15,16)8-3-1-2-7(4-8)5-9-11(20)17(6-10(18)19)12(21)22-9/h1-5H,6H2,(H,18,19)/b9-5+. The molecule has 0 unspecified atom stereocenters. The molecule has 1 aromatic rings. The average Bonchev–Trinajstić information content (AvgIpc) is 2.65. The van der Waals surface area contributed by atoms with E-state index in [0.29, 0.717) is 16.7 Å². The molecule has 0 bridgehead atoms. The Kier molecular flexibility index (Phi) is 4.27. The number of benzene rings is 1. The minimum absolute atomic E-state index is 0.0932. The van der Waals surface area contributed by atoms with Crippen LogP contribution in [-0.2, 0) is 15.8 Å². The van der Waals surface area contributed by atoms with Gasteiger partial charge in [-0.1, -0.05) is 12.1 Å². The van der Waals surface area contributed by atoms with Gasteiger partial charge in [0, 0.05) is 0 Å². The molecule has 0 radical (unpaired) electrons. The molecule has 0 atom stereocenters. The number of amides is 2. The number of alkyl halides is 3. The summed E-state index contributed by atoms with van der Waals surface area (Å²) in [4.78, 5) is 34.4. The van der Waals surface area contributed by atoms with E-state index in [9.17, 15) is 27.6 Å². The molecule has 0 aliphatic carbocycles. The Bertz CT molecular complexity index is 684. The van der Waals surface area contributed by atoms with Gasteiger partial charge in [0.2, 0.25) is 0 Å². The van der Waals surface area contributed by atoms with Crippen LogP contribution in [0.3, 0.4) is 0 Å². The molecule has 1 aliphatic rings. The van der Waals surface area contributed by atoms with Crippen LogP contribution in [0.25, 0.3) is 6.08 Å². The van der Waals surface area contributed by atoms with Gasteiger partial charge in [-0.3, -0.25) is 19.3 Å². The van der Waals surface area contributed by atoms with Crippen molar-refractivity contribution in [1.82, 2.24) is 4.90 Å². The largest absolute Gasteiger partial charge is 0.480 e. The van der Waals surface area contributed by atoms with Crippen LogP contribution in [0.15, 0.2) is 29.2 Å². The zero-order chi connectivity index (χ0) is 16.5. The minimum atomic E-state index is -4.52. The van der Waals surface area contributed by atoms with Crippen molar-refractivity contribution in [3.8, 4) is 0 Å².